The van der Waals surface area contributed by atoms with Crippen molar-refractivity contribution < 1.29 is 4.79 Å². The van der Waals surface area contributed by atoms with Gasteiger partial charge < -0.3 is 5.32 Å². The molecular weight excluding hydrogens is 310 g/mol. The lowest BCUT2D eigenvalue weighted by atomic mass is 9.69. The molecule has 0 fully saturated rings. The van der Waals surface area contributed by atoms with Gasteiger partial charge in [0, 0.05) is 17.7 Å². The topological polar surface area (TPSA) is 76.7 Å². The molecule has 1 aliphatic rings. The van der Waals surface area contributed by atoms with Crippen molar-refractivity contribution in [3.8, 4) is 12.1 Å². The van der Waals surface area contributed by atoms with Gasteiger partial charge in [-0.1, -0.05) is 48.5 Å². The first-order valence-corrected chi connectivity index (χ1v) is 8.14. The third kappa shape index (κ3) is 3.29. The van der Waals surface area contributed by atoms with E-state index in [0.717, 1.165) is 5.56 Å². The summed E-state index contributed by atoms with van der Waals surface area (Å²) in [5, 5.41) is 22.2. The van der Waals surface area contributed by atoms with Gasteiger partial charge in [0.2, 0.25) is 0 Å². The lowest BCUT2D eigenvalue weighted by molar-refractivity contribution is 0.0963. The molecule has 0 radical (unpaired) electrons. The van der Waals surface area contributed by atoms with Gasteiger partial charge in [-0.25, -0.2) is 0 Å². The molecule has 0 heterocycles. The fourth-order valence-corrected chi connectivity index (χ4v) is 3.19. The number of nitrogens with zero attached hydrogens (tertiary/aromatic N) is 2. The quantitative estimate of drug-likeness (QED) is 0.930. The first-order valence-electron chi connectivity index (χ1n) is 8.14. The maximum Gasteiger partial charge on any atom is 0.255 e. The summed E-state index contributed by atoms with van der Waals surface area (Å²) in [7, 11) is 0. The molecule has 1 aliphatic carbocycles. The summed E-state index contributed by atoms with van der Waals surface area (Å²) in [6, 6.07) is 23.0. The maximum absolute atomic E-state index is 12.4. The molecule has 3 rings (SSSR count). The van der Waals surface area contributed by atoms with E-state index in [1.165, 1.54) is 0 Å². The molecule has 0 aromatic heterocycles. The minimum absolute atomic E-state index is 0.229. The number of benzene rings is 2. The van der Waals surface area contributed by atoms with E-state index in [0.29, 0.717) is 36.1 Å². The molecule has 4 nitrogen and oxygen atoms in total. The van der Waals surface area contributed by atoms with Crippen LogP contribution < -0.4 is 5.32 Å². The lowest BCUT2D eigenvalue weighted by Crippen LogP contribution is -2.33. The predicted octanol–water partition coefficient (Wildman–Crippen LogP) is 3.84. The predicted molar refractivity (Wildman–Crippen MR) is 94.1 cm³/mol. The van der Waals surface area contributed by atoms with Crippen LogP contribution in [0.4, 0.5) is 0 Å². The number of carbonyl (C=O) groups excluding carboxylic acids is 1. The Balaban J connectivity index is 1.88. The molecule has 0 bridgehead atoms. The van der Waals surface area contributed by atoms with E-state index in [2.05, 4.69) is 17.5 Å². The average molecular weight is 327 g/mol. The molecule has 1 atom stereocenters. The lowest BCUT2D eigenvalue weighted by Gasteiger charge is -2.32. The van der Waals surface area contributed by atoms with E-state index < -0.39 is 5.41 Å². The molecule has 0 spiro atoms. The van der Waals surface area contributed by atoms with Crippen molar-refractivity contribution >= 4 is 5.91 Å². The van der Waals surface area contributed by atoms with Crippen molar-refractivity contribution in [1.82, 2.24) is 5.32 Å². The maximum atomic E-state index is 12.4. The molecule has 0 aliphatic heterocycles. The summed E-state index contributed by atoms with van der Waals surface area (Å²) in [6.07, 6.45) is 1.38. The van der Waals surface area contributed by atoms with E-state index in [4.69, 9.17) is 0 Å². The van der Waals surface area contributed by atoms with Crippen molar-refractivity contribution in [1.29, 1.82) is 10.5 Å². The second kappa shape index (κ2) is 7.03. The molecule has 0 saturated heterocycles. The van der Waals surface area contributed by atoms with Gasteiger partial charge in [-0.3, -0.25) is 4.79 Å². The highest BCUT2D eigenvalue weighted by atomic mass is 16.1. The van der Waals surface area contributed by atoms with Gasteiger partial charge in [0.05, 0.1) is 23.1 Å². The van der Waals surface area contributed by atoms with Gasteiger partial charge in [0.1, 0.15) is 0 Å². The molecule has 0 unspecified atom stereocenters. The third-order valence-electron chi connectivity index (χ3n) is 4.62. The van der Waals surface area contributed by atoms with Crippen molar-refractivity contribution in [3.63, 3.8) is 0 Å². The van der Waals surface area contributed by atoms with Crippen molar-refractivity contribution in [3.05, 3.63) is 83.1 Å². The molecule has 0 saturated carbocycles. The zero-order chi connectivity index (χ0) is 17.7. The summed E-state index contributed by atoms with van der Waals surface area (Å²) in [5.41, 5.74) is 1.85. The fraction of sp³-hybridized carbons (Fsp3) is 0.190. The SMILES string of the molecule is N#CC1=C(NC(=O)c2ccccc2)CC[C@](C#N)(c2ccccc2)C1. The van der Waals surface area contributed by atoms with Crippen LogP contribution in [0.3, 0.4) is 0 Å². The summed E-state index contributed by atoms with van der Waals surface area (Å²) in [4.78, 5) is 12.4. The number of allylic oxidation sites excluding steroid dienone is 2. The highest BCUT2D eigenvalue weighted by Crippen LogP contribution is 2.40. The monoisotopic (exact) mass is 327 g/mol. The number of nitrogens with one attached hydrogen (secondary N) is 1. The first kappa shape index (κ1) is 16.5. The Morgan fingerprint density at radius 3 is 2.24 bits per heavy atom. The number of hydrogen-bond donors (Lipinski definition) is 1. The average Bonchev–Trinajstić information content (AvgIpc) is 2.69. The number of hydrogen-bond acceptors (Lipinski definition) is 3. The zero-order valence-electron chi connectivity index (χ0n) is 13.7. The highest BCUT2D eigenvalue weighted by Gasteiger charge is 2.38. The molecule has 25 heavy (non-hydrogen) atoms. The Hall–Kier alpha value is -3.37. The van der Waals surface area contributed by atoms with Gasteiger partial charge in [0.25, 0.3) is 5.91 Å². The van der Waals surface area contributed by atoms with Crippen LogP contribution in [0.2, 0.25) is 0 Å². The van der Waals surface area contributed by atoms with Crippen LogP contribution >= 0.6 is 0 Å². The van der Waals surface area contributed by atoms with Gasteiger partial charge in [-0.05, 0) is 30.5 Å². The van der Waals surface area contributed by atoms with Crippen LogP contribution in [0.15, 0.2) is 71.9 Å². The minimum atomic E-state index is -0.715. The Morgan fingerprint density at radius 2 is 1.64 bits per heavy atom. The van der Waals surface area contributed by atoms with Crippen LogP contribution in [0.1, 0.15) is 35.2 Å². The Bertz CT molecular complexity index is 888. The van der Waals surface area contributed by atoms with Crippen molar-refractivity contribution in [2.24, 2.45) is 0 Å². The van der Waals surface area contributed by atoms with E-state index in [9.17, 15) is 15.3 Å². The molecule has 1 N–H and O–H groups in total. The fourth-order valence-electron chi connectivity index (χ4n) is 3.19. The molecule has 122 valence electrons. The van der Waals surface area contributed by atoms with E-state index >= 15 is 0 Å². The van der Waals surface area contributed by atoms with Crippen molar-refractivity contribution in [2.75, 3.05) is 0 Å². The first-order chi connectivity index (χ1) is 12.2. The second-order valence-electron chi connectivity index (χ2n) is 6.13. The van der Waals surface area contributed by atoms with E-state index in [1.54, 1.807) is 24.3 Å². The van der Waals surface area contributed by atoms with Gasteiger partial charge in [-0.2, -0.15) is 10.5 Å². The van der Waals surface area contributed by atoms with E-state index in [1.807, 2.05) is 36.4 Å². The summed E-state index contributed by atoms with van der Waals surface area (Å²) >= 11 is 0. The van der Waals surface area contributed by atoms with Crippen LogP contribution in [0, 0.1) is 22.7 Å². The standard InChI is InChI=1S/C21H17N3O/c22-14-17-13-21(15-23,18-9-5-2-6-10-18)12-11-19(17)24-20(25)16-7-3-1-4-8-16/h1-10H,11-13H2,(H,24,25)/t21-/m0/s1. The second-order valence-corrected chi connectivity index (χ2v) is 6.13. The summed E-state index contributed by atoms with van der Waals surface area (Å²) in [6.45, 7) is 0. The highest BCUT2D eigenvalue weighted by molar-refractivity contribution is 5.95. The largest absolute Gasteiger partial charge is 0.325 e. The van der Waals surface area contributed by atoms with Gasteiger partial charge in [0.15, 0.2) is 0 Å². The Morgan fingerprint density at radius 1 is 1.00 bits per heavy atom. The zero-order valence-corrected chi connectivity index (χ0v) is 13.7. The molecule has 4 heteroatoms. The van der Waals surface area contributed by atoms with Crippen LogP contribution in [0.25, 0.3) is 0 Å². The minimum Gasteiger partial charge on any atom is -0.325 e. The van der Waals surface area contributed by atoms with Crippen LogP contribution in [-0.4, -0.2) is 5.91 Å². The normalized spacial score (nSPS) is 19.6. The summed E-state index contributed by atoms with van der Waals surface area (Å²) in [5.74, 6) is -0.229. The summed E-state index contributed by atoms with van der Waals surface area (Å²) < 4.78 is 0. The Kier molecular flexibility index (Phi) is 4.64. The number of nitriles is 2. The number of carbonyl (C=O) groups is 1. The smallest absolute Gasteiger partial charge is 0.255 e. The van der Waals surface area contributed by atoms with Crippen molar-refractivity contribution in [2.45, 2.75) is 24.7 Å². The third-order valence-corrected chi connectivity index (χ3v) is 4.62. The molecule has 2 aromatic rings. The van der Waals surface area contributed by atoms with Gasteiger partial charge in [-0.15, -0.1) is 0 Å². The van der Waals surface area contributed by atoms with Crippen LogP contribution in [-0.2, 0) is 5.41 Å². The van der Waals surface area contributed by atoms with Crippen LogP contribution in [0.5, 0.6) is 0 Å². The number of rotatable bonds is 3. The van der Waals surface area contributed by atoms with Gasteiger partial charge >= 0.3 is 0 Å². The molecule has 1 amide bonds. The molecular formula is C21H17N3O. The Labute approximate surface area is 147 Å². The molecule has 2 aromatic carbocycles. The van der Waals surface area contributed by atoms with E-state index in [-0.39, 0.29) is 5.91 Å². The number of amides is 1.